The van der Waals surface area contributed by atoms with Crippen LogP contribution in [-0.2, 0) is 17.9 Å². The van der Waals surface area contributed by atoms with E-state index >= 15 is 0 Å². The van der Waals surface area contributed by atoms with Crippen LogP contribution in [0.4, 0.5) is 0 Å². The molecule has 1 heterocycles. The number of aromatic hydroxyl groups is 1. The van der Waals surface area contributed by atoms with Gasteiger partial charge in [0.2, 0.25) is 5.91 Å². The molecule has 9 heteroatoms. The average Bonchev–Trinajstić information content (AvgIpc) is 3.25. The van der Waals surface area contributed by atoms with E-state index in [1.807, 2.05) is 84.4 Å². The van der Waals surface area contributed by atoms with Gasteiger partial charge < -0.3 is 19.5 Å². The van der Waals surface area contributed by atoms with E-state index in [9.17, 15) is 14.7 Å². The van der Waals surface area contributed by atoms with E-state index in [2.05, 4.69) is 15.4 Å². The van der Waals surface area contributed by atoms with E-state index in [-0.39, 0.29) is 28.8 Å². The van der Waals surface area contributed by atoms with Crippen LogP contribution < -0.4 is 5.43 Å². The molecule has 2 amide bonds. The lowest BCUT2D eigenvalue weighted by molar-refractivity contribution is -0.132. The molecule has 0 atom stereocenters. The van der Waals surface area contributed by atoms with Gasteiger partial charge in [-0.3, -0.25) is 9.59 Å². The van der Waals surface area contributed by atoms with Crippen LogP contribution in [0.3, 0.4) is 0 Å². The molecule has 1 aromatic heterocycles. The number of nitrogens with one attached hydrogen (secondary N) is 1. The Morgan fingerprint density at radius 2 is 1.76 bits per heavy atom. The summed E-state index contributed by atoms with van der Waals surface area (Å²) in [6, 6.07) is 21.9. The van der Waals surface area contributed by atoms with Gasteiger partial charge >= 0.3 is 0 Å². The van der Waals surface area contributed by atoms with Crippen LogP contribution in [0.25, 0.3) is 10.9 Å². The summed E-state index contributed by atoms with van der Waals surface area (Å²) < 4.78 is 1.91. The highest BCUT2D eigenvalue weighted by Gasteiger charge is 2.17. The number of para-hydroxylation sites is 1. The smallest absolute Gasteiger partial charge is 0.271 e. The molecule has 0 aliphatic heterocycles. The monoisotopic (exact) mass is 531 g/mol. The summed E-state index contributed by atoms with van der Waals surface area (Å²) in [7, 11) is 3.98. The number of carbonyl (C=O) groups is 2. The fourth-order valence-corrected chi connectivity index (χ4v) is 4.22. The predicted molar refractivity (Wildman–Crippen MR) is 151 cm³/mol. The third-order valence-corrected chi connectivity index (χ3v) is 6.39. The molecule has 0 aliphatic rings. The highest BCUT2D eigenvalue weighted by atomic mass is 35.5. The molecular formula is C29H30ClN5O3. The maximum absolute atomic E-state index is 13.5. The molecule has 0 fully saturated rings. The van der Waals surface area contributed by atoms with Crippen molar-refractivity contribution in [2.45, 2.75) is 13.1 Å². The van der Waals surface area contributed by atoms with Gasteiger partial charge in [0, 0.05) is 47.9 Å². The van der Waals surface area contributed by atoms with Crippen LogP contribution in [0.2, 0.25) is 5.02 Å². The number of fused-ring (bicyclic) bond motifs is 1. The molecular weight excluding hydrogens is 502 g/mol. The average molecular weight is 532 g/mol. The molecule has 0 bridgehead atoms. The third-order valence-electron chi connectivity index (χ3n) is 6.09. The van der Waals surface area contributed by atoms with E-state index < -0.39 is 5.91 Å². The fourth-order valence-electron chi connectivity index (χ4n) is 4.04. The number of halogens is 1. The zero-order chi connectivity index (χ0) is 27.1. The van der Waals surface area contributed by atoms with Crippen LogP contribution in [0.1, 0.15) is 21.5 Å². The van der Waals surface area contributed by atoms with Crippen LogP contribution >= 0.6 is 11.6 Å². The Morgan fingerprint density at radius 1 is 1.03 bits per heavy atom. The van der Waals surface area contributed by atoms with Gasteiger partial charge in [-0.2, -0.15) is 5.10 Å². The van der Waals surface area contributed by atoms with Gasteiger partial charge in [-0.05, 0) is 43.9 Å². The standard InChI is InChI=1S/C29H30ClN5O3/c1-33(2)14-15-34(18-21-8-4-3-5-9-21)28(37)20-35-19-23(24-10-6-7-11-26(24)35)17-31-32-29(38)22-12-13-27(36)25(30)16-22/h3-13,16-17,19,36H,14-15,18,20H2,1-2H3,(H,32,38)/b31-17+. The van der Waals surface area contributed by atoms with Gasteiger partial charge in [0.05, 0.1) is 11.2 Å². The van der Waals surface area contributed by atoms with Crippen LogP contribution in [0, 0.1) is 0 Å². The Balaban J connectivity index is 1.51. The molecule has 196 valence electrons. The van der Waals surface area contributed by atoms with Gasteiger partial charge in [0.1, 0.15) is 12.3 Å². The van der Waals surface area contributed by atoms with Gasteiger partial charge in [-0.25, -0.2) is 5.43 Å². The van der Waals surface area contributed by atoms with Crippen molar-refractivity contribution >= 4 is 40.5 Å². The van der Waals surface area contributed by atoms with Gasteiger partial charge in [-0.15, -0.1) is 0 Å². The summed E-state index contributed by atoms with van der Waals surface area (Å²) in [5.41, 5.74) is 5.49. The highest BCUT2D eigenvalue weighted by molar-refractivity contribution is 6.32. The summed E-state index contributed by atoms with van der Waals surface area (Å²) >= 11 is 5.90. The number of phenolic OH excluding ortho intramolecular Hbond substituents is 1. The number of carbonyl (C=O) groups excluding carboxylic acids is 2. The van der Waals surface area contributed by atoms with Crippen molar-refractivity contribution < 1.29 is 14.7 Å². The van der Waals surface area contributed by atoms with Crippen molar-refractivity contribution in [2.24, 2.45) is 5.10 Å². The number of amides is 2. The minimum absolute atomic E-state index is 0.0115. The molecule has 8 nitrogen and oxygen atoms in total. The highest BCUT2D eigenvalue weighted by Crippen LogP contribution is 2.24. The lowest BCUT2D eigenvalue weighted by atomic mass is 10.2. The number of aromatic nitrogens is 1. The number of nitrogens with zero attached hydrogens (tertiary/aromatic N) is 4. The predicted octanol–water partition coefficient (Wildman–Crippen LogP) is 4.35. The second kappa shape index (κ2) is 12.4. The Bertz CT molecular complexity index is 1450. The first kappa shape index (κ1) is 26.9. The first-order chi connectivity index (χ1) is 18.3. The zero-order valence-corrected chi connectivity index (χ0v) is 22.1. The molecule has 0 spiro atoms. The molecule has 0 unspecified atom stereocenters. The second-order valence-electron chi connectivity index (χ2n) is 9.20. The molecule has 4 aromatic rings. The molecule has 4 rings (SSSR count). The lowest BCUT2D eigenvalue weighted by Gasteiger charge is -2.25. The maximum Gasteiger partial charge on any atom is 0.271 e. The van der Waals surface area contributed by atoms with Gasteiger partial charge in [0.25, 0.3) is 5.91 Å². The van der Waals surface area contributed by atoms with Crippen LogP contribution in [-0.4, -0.2) is 64.7 Å². The summed E-state index contributed by atoms with van der Waals surface area (Å²) in [6.45, 7) is 2.08. The van der Waals surface area contributed by atoms with Crippen molar-refractivity contribution in [1.29, 1.82) is 0 Å². The number of hydrogen-bond donors (Lipinski definition) is 2. The summed E-state index contributed by atoms with van der Waals surface area (Å²) in [6.07, 6.45) is 3.42. The summed E-state index contributed by atoms with van der Waals surface area (Å²) in [5, 5.41) is 14.7. The first-order valence-corrected chi connectivity index (χ1v) is 12.6. The van der Waals surface area contributed by atoms with Gasteiger partial charge in [-0.1, -0.05) is 60.1 Å². The number of hydrazone groups is 1. The number of phenols is 1. The van der Waals surface area contributed by atoms with Crippen molar-refractivity contribution in [3.05, 3.63) is 101 Å². The topological polar surface area (TPSA) is 90.2 Å². The number of benzene rings is 3. The van der Waals surface area contributed by atoms with Gasteiger partial charge in [0.15, 0.2) is 0 Å². The molecule has 2 N–H and O–H groups in total. The van der Waals surface area contributed by atoms with E-state index in [4.69, 9.17) is 11.6 Å². The first-order valence-electron chi connectivity index (χ1n) is 12.2. The second-order valence-corrected chi connectivity index (χ2v) is 9.61. The van der Waals surface area contributed by atoms with Crippen molar-refractivity contribution in [1.82, 2.24) is 19.8 Å². The minimum Gasteiger partial charge on any atom is -0.506 e. The van der Waals surface area contributed by atoms with Crippen molar-refractivity contribution in [2.75, 3.05) is 27.2 Å². The summed E-state index contributed by atoms with van der Waals surface area (Å²) in [4.78, 5) is 29.8. The van der Waals surface area contributed by atoms with Crippen molar-refractivity contribution in [3.63, 3.8) is 0 Å². The van der Waals surface area contributed by atoms with E-state index in [0.717, 1.165) is 28.6 Å². The molecule has 0 saturated carbocycles. The van der Waals surface area contributed by atoms with E-state index in [1.165, 1.54) is 18.2 Å². The molecule has 38 heavy (non-hydrogen) atoms. The zero-order valence-electron chi connectivity index (χ0n) is 21.3. The largest absolute Gasteiger partial charge is 0.506 e. The Labute approximate surface area is 226 Å². The molecule has 0 saturated heterocycles. The van der Waals surface area contributed by atoms with E-state index in [0.29, 0.717) is 13.1 Å². The number of hydrogen-bond acceptors (Lipinski definition) is 5. The molecule has 0 radical (unpaired) electrons. The lowest BCUT2D eigenvalue weighted by Crippen LogP contribution is -2.38. The minimum atomic E-state index is -0.459. The molecule has 3 aromatic carbocycles. The normalized spacial score (nSPS) is 11.4. The number of rotatable bonds is 10. The maximum atomic E-state index is 13.5. The Morgan fingerprint density at radius 3 is 2.50 bits per heavy atom. The summed E-state index contributed by atoms with van der Waals surface area (Å²) in [5.74, 6) is -0.546. The van der Waals surface area contributed by atoms with Crippen LogP contribution in [0.5, 0.6) is 5.75 Å². The SMILES string of the molecule is CN(C)CCN(Cc1ccccc1)C(=O)Cn1cc(/C=N/NC(=O)c2ccc(O)c(Cl)c2)c2ccccc21. The Kier molecular flexibility index (Phi) is 8.78. The van der Waals surface area contributed by atoms with Crippen LogP contribution in [0.15, 0.2) is 84.1 Å². The Hall–Kier alpha value is -4.14. The van der Waals surface area contributed by atoms with E-state index in [1.54, 1.807) is 6.21 Å². The third kappa shape index (κ3) is 6.79. The van der Waals surface area contributed by atoms with Crippen molar-refractivity contribution in [3.8, 4) is 5.75 Å². The number of likely N-dealkylation sites (N-methyl/N-ethyl adjacent to an activating group) is 1. The fraction of sp³-hybridized carbons (Fsp3) is 0.207. The molecule has 0 aliphatic carbocycles. The quantitative estimate of drug-likeness (QED) is 0.235.